The summed E-state index contributed by atoms with van der Waals surface area (Å²) >= 11 is 0. The first kappa shape index (κ1) is 15.2. The first-order valence-electron chi connectivity index (χ1n) is 6.70. The molecule has 0 saturated carbocycles. The molecule has 0 aromatic heterocycles. The molecular formula is C14H17F2N3O2. The Hall–Kier alpha value is -2.18. The van der Waals surface area contributed by atoms with E-state index in [1.54, 1.807) is 0 Å². The normalized spacial score (nSPS) is 18.6. The van der Waals surface area contributed by atoms with Crippen LogP contribution >= 0.6 is 0 Å². The zero-order chi connectivity index (χ0) is 15.6. The fraction of sp³-hybridized carbons (Fsp3) is 0.429. The SMILES string of the molecule is CC(C)C1C(=O)NCCN1C(=O)Nc1ccc(F)cc1F. The predicted octanol–water partition coefficient (Wildman–Crippen LogP) is 1.95. The monoisotopic (exact) mass is 297 g/mol. The van der Waals surface area contributed by atoms with Gasteiger partial charge in [0.15, 0.2) is 0 Å². The average Bonchev–Trinajstić information content (AvgIpc) is 2.41. The smallest absolute Gasteiger partial charge is 0.322 e. The number of nitrogens with one attached hydrogen (secondary N) is 2. The Balaban J connectivity index is 2.16. The highest BCUT2D eigenvalue weighted by Gasteiger charge is 2.35. The number of hydrogen-bond acceptors (Lipinski definition) is 2. The molecule has 0 bridgehead atoms. The molecule has 1 unspecified atom stereocenters. The predicted molar refractivity (Wildman–Crippen MR) is 73.7 cm³/mol. The van der Waals surface area contributed by atoms with Gasteiger partial charge in [0.1, 0.15) is 17.7 Å². The van der Waals surface area contributed by atoms with Gasteiger partial charge in [-0.3, -0.25) is 4.79 Å². The van der Waals surface area contributed by atoms with Crippen molar-refractivity contribution in [1.82, 2.24) is 10.2 Å². The third-order valence-corrected chi connectivity index (χ3v) is 3.32. The van der Waals surface area contributed by atoms with Crippen LogP contribution in [-0.2, 0) is 4.79 Å². The van der Waals surface area contributed by atoms with Crippen molar-refractivity contribution in [2.45, 2.75) is 19.9 Å². The molecule has 1 fully saturated rings. The van der Waals surface area contributed by atoms with E-state index in [0.29, 0.717) is 19.2 Å². The molecule has 1 aliphatic rings. The van der Waals surface area contributed by atoms with Crippen LogP contribution < -0.4 is 10.6 Å². The number of anilines is 1. The fourth-order valence-electron chi connectivity index (χ4n) is 2.35. The average molecular weight is 297 g/mol. The lowest BCUT2D eigenvalue weighted by Crippen LogP contribution is -2.60. The van der Waals surface area contributed by atoms with Crippen LogP contribution in [0.2, 0.25) is 0 Å². The molecule has 114 valence electrons. The maximum Gasteiger partial charge on any atom is 0.322 e. The number of carbonyl (C=O) groups excluding carboxylic acids is 2. The van der Waals surface area contributed by atoms with Gasteiger partial charge >= 0.3 is 6.03 Å². The Morgan fingerprint density at radius 1 is 1.43 bits per heavy atom. The highest BCUT2D eigenvalue weighted by atomic mass is 19.1. The van der Waals surface area contributed by atoms with Crippen molar-refractivity contribution in [3.63, 3.8) is 0 Å². The summed E-state index contributed by atoms with van der Waals surface area (Å²) in [6.45, 7) is 4.34. The van der Waals surface area contributed by atoms with E-state index in [1.807, 2.05) is 13.8 Å². The van der Waals surface area contributed by atoms with E-state index < -0.39 is 23.7 Å². The van der Waals surface area contributed by atoms with Crippen LogP contribution in [0.1, 0.15) is 13.8 Å². The summed E-state index contributed by atoms with van der Waals surface area (Å²) in [4.78, 5) is 25.5. The molecule has 1 heterocycles. The lowest BCUT2D eigenvalue weighted by atomic mass is 10.00. The van der Waals surface area contributed by atoms with Crippen molar-refractivity contribution >= 4 is 17.6 Å². The van der Waals surface area contributed by atoms with E-state index in [0.717, 1.165) is 12.1 Å². The van der Waals surface area contributed by atoms with Gasteiger partial charge in [0.2, 0.25) is 5.91 Å². The summed E-state index contributed by atoms with van der Waals surface area (Å²) in [5.41, 5.74) is -0.116. The van der Waals surface area contributed by atoms with E-state index in [9.17, 15) is 18.4 Å². The van der Waals surface area contributed by atoms with Crippen LogP contribution in [0.15, 0.2) is 18.2 Å². The van der Waals surface area contributed by atoms with Gasteiger partial charge < -0.3 is 15.5 Å². The highest BCUT2D eigenvalue weighted by Crippen LogP contribution is 2.19. The van der Waals surface area contributed by atoms with Crippen molar-refractivity contribution in [2.24, 2.45) is 5.92 Å². The van der Waals surface area contributed by atoms with Gasteiger partial charge in [-0.2, -0.15) is 0 Å². The molecule has 0 radical (unpaired) electrons. The van der Waals surface area contributed by atoms with Gasteiger partial charge in [0, 0.05) is 19.2 Å². The summed E-state index contributed by atoms with van der Waals surface area (Å²) in [6.07, 6.45) is 0. The van der Waals surface area contributed by atoms with Crippen LogP contribution in [0.3, 0.4) is 0 Å². The Morgan fingerprint density at radius 2 is 2.14 bits per heavy atom. The van der Waals surface area contributed by atoms with Crippen molar-refractivity contribution in [3.05, 3.63) is 29.8 Å². The second kappa shape index (κ2) is 6.07. The Labute approximate surface area is 121 Å². The molecule has 0 aliphatic carbocycles. The van der Waals surface area contributed by atoms with E-state index in [1.165, 1.54) is 4.90 Å². The van der Waals surface area contributed by atoms with Gasteiger partial charge in [-0.1, -0.05) is 13.8 Å². The number of hydrogen-bond donors (Lipinski definition) is 2. The first-order valence-corrected chi connectivity index (χ1v) is 6.70. The van der Waals surface area contributed by atoms with Gasteiger partial charge in [-0.25, -0.2) is 13.6 Å². The zero-order valence-corrected chi connectivity index (χ0v) is 11.8. The number of urea groups is 1. The number of piperazine rings is 1. The van der Waals surface area contributed by atoms with E-state index in [-0.39, 0.29) is 17.5 Å². The van der Waals surface area contributed by atoms with E-state index in [2.05, 4.69) is 10.6 Å². The number of halogens is 2. The molecule has 1 atom stereocenters. The topological polar surface area (TPSA) is 61.4 Å². The number of benzene rings is 1. The van der Waals surface area contributed by atoms with Gasteiger partial charge in [-0.15, -0.1) is 0 Å². The van der Waals surface area contributed by atoms with E-state index in [4.69, 9.17) is 0 Å². The Morgan fingerprint density at radius 3 is 2.76 bits per heavy atom. The maximum atomic E-state index is 13.6. The number of nitrogens with zero attached hydrogens (tertiary/aromatic N) is 1. The van der Waals surface area contributed by atoms with Crippen LogP contribution in [0.25, 0.3) is 0 Å². The largest absolute Gasteiger partial charge is 0.353 e. The third-order valence-electron chi connectivity index (χ3n) is 3.32. The molecule has 1 saturated heterocycles. The quantitative estimate of drug-likeness (QED) is 0.876. The van der Waals surface area contributed by atoms with Crippen LogP contribution in [0.5, 0.6) is 0 Å². The molecule has 2 N–H and O–H groups in total. The van der Waals surface area contributed by atoms with Crippen molar-refractivity contribution in [1.29, 1.82) is 0 Å². The molecule has 1 aliphatic heterocycles. The Kier molecular flexibility index (Phi) is 4.40. The van der Waals surface area contributed by atoms with Gasteiger partial charge in [0.25, 0.3) is 0 Å². The van der Waals surface area contributed by atoms with Crippen molar-refractivity contribution in [3.8, 4) is 0 Å². The summed E-state index contributed by atoms with van der Waals surface area (Å²) in [5.74, 6) is -1.88. The van der Waals surface area contributed by atoms with Crippen LogP contribution in [0, 0.1) is 17.6 Å². The second-order valence-corrected chi connectivity index (χ2v) is 5.23. The molecule has 21 heavy (non-hydrogen) atoms. The van der Waals surface area contributed by atoms with E-state index >= 15 is 0 Å². The molecule has 1 aromatic rings. The van der Waals surface area contributed by atoms with Crippen LogP contribution in [-0.4, -0.2) is 36.0 Å². The van der Waals surface area contributed by atoms with Crippen LogP contribution in [0.4, 0.5) is 19.3 Å². The number of carbonyl (C=O) groups is 2. The summed E-state index contributed by atoms with van der Waals surface area (Å²) in [7, 11) is 0. The molecule has 1 aromatic carbocycles. The Bertz CT molecular complexity index is 563. The third kappa shape index (κ3) is 3.29. The summed E-state index contributed by atoms with van der Waals surface area (Å²) < 4.78 is 26.4. The standard InChI is InChI=1S/C14H17F2N3O2/c1-8(2)12-13(20)17-5-6-19(12)14(21)18-11-4-3-9(15)7-10(11)16/h3-4,7-8,12H,5-6H2,1-2H3,(H,17,20)(H,18,21). The molecule has 0 spiro atoms. The minimum absolute atomic E-state index is 0.0749. The van der Waals surface area contributed by atoms with Crippen molar-refractivity contribution in [2.75, 3.05) is 18.4 Å². The van der Waals surface area contributed by atoms with Crippen molar-refractivity contribution < 1.29 is 18.4 Å². The minimum atomic E-state index is -0.856. The maximum absolute atomic E-state index is 13.6. The first-order chi connectivity index (χ1) is 9.90. The molecule has 7 heteroatoms. The summed E-state index contributed by atoms with van der Waals surface area (Å²) in [5, 5.41) is 5.07. The molecule has 5 nitrogen and oxygen atoms in total. The lowest BCUT2D eigenvalue weighted by molar-refractivity contribution is -0.129. The number of amides is 3. The highest BCUT2D eigenvalue weighted by molar-refractivity contribution is 5.94. The number of rotatable bonds is 2. The van der Waals surface area contributed by atoms with Gasteiger partial charge in [-0.05, 0) is 18.1 Å². The molecule has 2 rings (SSSR count). The molecule has 3 amide bonds. The zero-order valence-electron chi connectivity index (χ0n) is 11.8. The summed E-state index contributed by atoms with van der Waals surface area (Å²) in [6, 6.07) is 1.72. The lowest BCUT2D eigenvalue weighted by Gasteiger charge is -2.37. The fourth-order valence-corrected chi connectivity index (χ4v) is 2.35. The second-order valence-electron chi connectivity index (χ2n) is 5.23. The minimum Gasteiger partial charge on any atom is -0.353 e. The van der Waals surface area contributed by atoms with Gasteiger partial charge in [0.05, 0.1) is 5.69 Å². The molecular weight excluding hydrogens is 280 g/mol.